The first-order chi connectivity index (χ1) is 11.6. The maximum absolute atomic E-state index is 12.0. The third kappa shape index (κ3) is 5.30. The Kier molecular flexibility index (Phi) is 6.67. The number of rotatable bonds is 8. The third-order valence-corrected chi connectivity index (χ3v) is 3.87. The van der Waals surface area contributed by atoms with Gasteiger partial charge in [-0.1, -0.05) is 12.1 Å². The minimum Gasteiger partial charge on any atom is -0.493 e. The van der Waals surface area contributed by atoms with Gasteiger partial charge in [-0.15, -0.1) is 0 Å². The fraction of sp³-hybridized carbons (Fsp3) is 0.350. The molecule has 2 rings (SSSR count). The average Bonchev–Trinajstić information content (AvgIpc) is 2.57. The van der Waals surface area contributed by atoms with Crippen molar-refractivity contribution in [1.82, 2.24) is 0 Å². The number of nitrogens with one attached hydrogen (secondary N) is 1. The van der Waals surface area contributed by atoms with Crippen LogP contribution in [0.25, 0.3) is 0 Å². The van der Waals surface area contributed by atoms with Gasteiger partial charge in [0.05, 0.1) is 13.0 Å². The topological polar surface area (TPSA) is 41.6 Å². The number of carbonyl (C=O) groups is 1. The van der Waals surface area contributed by atoms with E-state index in [1.807, 2.05) is 55.5 Å². The molecule has 0 aromatic heterocycles. The predicted molar refractivity (Wildman–Crippen MR) is 99.9 cm³/mol. The Hall–Kier alpha value is -2.49. The van der Waals surface area contributed by atoms with Crippen LogP contribution in [0.2, 0.25) is 0 Å². The number of ether oxygens (including phenoxy) is 1. The van der Waals surface area contributed by atoms with Crippen LogP contribution in [0, 0.1) is 6.92 Å². The standard InChI is InChI=1S/C20H26N2O2/c1-4-22(5-2)18-11-9-17(10-12-18)21-20(23)13-14-24-19-8-6-7-16(3)15-19/h6-12,15H,4-5,13-14H2,1-3H3,(H,21,23). The van der Waals surface area contributed by atoms with Gasteiger partial charge >= 0.3 is 0 Å². The second-order valence-electron chi connectivity index (χ2n) is 5.68. The Morgan fingerprint density at radius 3 is 2.42 bits per heavy atom. The van der Waals surface area contributed by atoms with Crippen LogP contribution in [0.5, 0.6) is 5.75 Å². The Morgan fingerprint density at radius 2 is 1.79 bits per heavy atom. The van der Waals surface area contributed by atoms with E-state index >= 15 is 0 Å². The van der Waals surface area contributed by atoms with Crippen molar-refractivity contribution in [1.29, 1.82) is 0 Å². The van der Waals surface area contributed by atoms with Gasteiger partial charge in [0.1, 0.15) is 5.75 Å². The summed E-state index contributed by atoms with van der Waals surface area (Å²) in [5, 5.41) is 2.90. The summed E-state index contributed by atoms with van der Waals surface area (Å²) in [6, 6.07) is 15.8. The van der Waals surface area contributed by atoms with Crippen molar-refractivity contribution in [3.05, 3.63) is 54.1 Å². The molecule has 0 radical (unpaired) electrons. The van der Waals surface area contributed by atoms with E-state index in [9.17, 15) is 4.79 Å². The molecule has 24 heavy (non-hydrogen) atoms. The molecule has 2 aromatic carbocycles. The minimum atomic E-state index is -0.0433. The molecule has 0 aliphatic heterocycles. The lowest BCUT2D eigenvalue weighted by Gasteiger charge is -2.21. The summed E-state index contributed by atoms with van der Waals surface area (Å²) in [6.07, 6.45) is 0.325. The highest BCUT2D eigenvalue weighted by atomic mass is 16.5. The van der Waals surface area contributed by atoms with Crippen LogP contribution in [0.3, 0.4) is 0 Å². The normalized spacial score (nSPS) is 10.3. The molecule has 4 nitrogen and oxygen atoms in total. The summed E-state index contributed by atoms with van der Waals surface area (Å²) >= 11 is 0. The van der Waals surface area contributed by atoms with Crippen molar-refractivity contribution in [3.63, 3.8) is 0 Å². The second-order valence-corrected chi connectivity index (χ2v) is 5.68. The number of carbonyl (C=O) groups excluding carboxylic acids is 1. The molecule has 2 aromatic rings. The van der Waals surface area contributed by atoms with Crippen molar-refractivity contribution in [3.8, 4) is 5.75 Å². The molecular formula is C20H26N2O2. The Bertz CT molecular complexity index is 649. The van der Waals surface area contributed by atoms with Gasteiger partial charge in [-0.2, -0.15) is 0 Å². The first kappa shape index (κ1) is 17.9. The van der Waals surface area contributed by atoms with Crippen molar-refractivity contribution in [2.24, 2.45) is 0 Å². The van der Waals surface area contributed by atoms with E-state index in [1.54, 1.807) is 0 Å². The molecule has 0 saturated carbocycles. The van der Waals surface area contributed by atoms with Gasteiger partial charge in [-0.3, -0.25) is 4.79 Å². The number of hydrogen-bond donors (Lipinski definition) is 1. The summed E-state index contributed by atoms with van der Waals surface area (Å²) in [5.74, 6) is 0.754. The smallest absolute Gasteiger partial charge is 0.227 e. The molecule has 0 bridgehead atoms. The number of nitrogens with zero attached hydrogens (tertiary/aromatic N) is 1. The molecular weight excluding hydrogens is 300 g/mol. The Balaban J connectivity index is 1.79. The van der Waals surface area contributed by atoms with Crippen molar-refractivity contribution in [2.45, 2.75) is 27.2 Å². The molecule has 0 fully saturated rings. The van der Waals surface area contributed by atoms with Crippen LogP contribution in [-0.4, -0.2) is 25.6 Å². The number of anilines is 2. The first-order valence-electron chi connectivity index (χ1n) is 8.46. The van der Waals surface area contributed by atoms with Crippen molar-refractivity contribution in [2.75, 3.05) is 29.9 Å². The van der Waals surface area contributed by atoms with E-state index in [0.29, 0.717) is 13.0 Å². The molecule has 0 spiro atoms. The number of hydrogen-bond acceptors (Lipinski definition) is 3. The van der Waals surface area contributed by atoms with Crippen LogP contribution < -0.4 is 15.0 Å². The molecule has 0 heterocycles. The number of aryl methyl sites for hydroxylation is 1. The molecule has 0 unspecified atom stereocenters. The lowest BCUT2D eigenvalue weighted by atomic mass is 10.2. The summed E-state index contributed by atoms with van der Waals surface area (Å²) in [7, 11) is 0. The van der Waals surface area contributed by atoms with Gasteiger partial charge < -0.3 is 15.0 Å². The Labute approximate surface area is 144 Å². The van der Waals surface area contributed by atoms with Crippen LogP contribution >= 0.6 is 0 Å². The summed E-state index contributed by atoms with van der Waals surface area (Å²) in [4.78, 5) is 14.3. The maximum Gasteiger partial charge on any atom is 0.227 e. The van der Waals surface area contributed by atoms with Crippen LogP contribution in [0.1, 0.15) is 25.8 Å². The average molecular weight is 326 g/mol. The molecule has 0 aliphatic rings. The molecule has 128 valence electrons. The first-order valence-corrected chi connectivity index (χ1v) is 8.46. The highest BCUT2D eigenvalue weighted by Crippen LogP contribution is 2.18. The van der Waals surface area contributed by atoms with Gasteiger partial charge in [0, 0.05) is 24.5 Å². The van der Waals surface area contributed by atoms with Gasteiger partial charge in [0.25, 0.3) is 0 Å². The van der Waals surface area contributed by atoms with Gasteiger partial charge in [0.2, 0.25) is 5.91 Å². The fourth-order valence-corrected chi connectivity index (χ4v) is 2.53. The van der Waals surface area contributed by atoms with E-state index in [2.05, 4.69) is 24.1 Å². The zero-order chi connectivity index (χ0) is 17.4. The fourth-order valence-electron chi connectivity index (χ4n) is 2.53. The highest BCUT2D eigenvalue weighted by Gasteiger charge is 2.05. The van der Waals surface area contributed by atoms with E-state index in [-0.39, 0.29) is 5.91 Å². The maximum atomic E-state index is 12.0. The highest BCUT2D eigenvalue weighted by molar-refractivity contribution is 5.90. The van der Waals surface area contributed by atoms with E-state index in [1.165, 1.54) is 5.69 Å². The van der Waals surface area contributed by atoms with Gasteiger partial charge in [-0.05, 0) is 62.7 Å². The summed E-state index contributed by atoms with van der Waals surface area (Å²) in [5.41, 5.74) is 3.12. The largest absolute Gasteiger partial charge is 0.493 e. The molecule has 1 N–H and O–H groups in total. The molecule has 4 heteroatoms. The molecule has 0 atom stereocenters. The predicted octanol–water partition coefficient (Wildman–Crippen LogP) is 4.25. The lowest BCUT2D eigenvalue weighted by Crippen LogP contribution is -2.21. The molecule has 0 aliphatic carbocycles. The third-order valence-electron chi connectivity index (χ3n) is 3.87. The second kappa shape index (κ2) is 8.96. The minimum absolute atomic E-state index is 0.0433. The monoisotopic (exact) mass is 326 g/mol. The van der Waals surface area contributed by atoms with Gasteiger partial charge in [0.15, 0.2) is 0 Å². The summed E-state index contributed by atoms with van der Waals surface area (Å²) < 4.78 is 5.61. The van der Waals surface area contributed by atoms with E-state index in [4.69, 9.17) is 4.74 Å². The quantitative estimate of drug-likeness (QED) is 0.788. The zero-order valence-electron chi connectivity index (χ0n) is 14.7. The Morgan fingerprint density at radius 1 is 1.08 bits per heavy atom. The van der Waals surface area contributed by atoms with Crippen LogP contribution in [-0.2, 0) is 4.79 Å². The van der Waals surface area contributed by atoms with Crippen molar-refractivity contribution >= 4 is 17.3 Å². The number of amides is 1. The van der Waals surface area contributed by atoms with Crippen LogP contribution in [0.15, 0.2) is 48.5 Å². The number of benzene rings is 2. The lowest BCUT2D eigenvalue weighted by molar-refractivity contribution is -0.116. The van der Waals surface area contributed by atoms with Crippen molar-refractivity contribution < 1.29 is 9.53 Å². The van der Waals surface area contributed by atoms with Gasteiger partial charge in [-0.25, -0.2) is 0 Å². The zero-order valence-corrected chi connectivity index (χ0v) is 14.7. The van der Waals surface area contributed by atoms with E-state index < -0.39 is 0 Å². The van der Waals surface area contributed by atoms with E-state index in [0.717, 1.165) is 30.1 Å². The molecule has 0 saturated heterocycles. The summed E-state index contributed by atoms with van der Waals surface area (Å²) in [6.45, 7) is 8.59. The SMILES string of the molecule is CCN(CC)c1ccc(NC(=O)CCOc2cccc(C)c2)cc1. The molecule has 1 amide bonds. The van der Waals surface area contributed by atoms with Crippen LogP contribution in [0.4, 0.5) is 11.4 Å².